The number of furan rings is 1. The third kappa shape index (κ3) is 4.51. The van der Waals surface area contributed by atoms with Gasteiger partial charge in [-0.05, 0) is 43.0 Å². The molecule has 2 saturated heterocycles. The van der Waals surface area contributed by atoms with E-state index in [1.807, 2.05) is 35.7 Å². The van der Waals surface area contributed by atoms with Gasteiger partial charge in [0.05, 0.1) is 12.6 Å². The SMILES string of the molecule is Cc1c(C(=O)NC(Cc2cccs2)C(=O)N2CCC3C2C(=O)CN3S(=O)(=O)c2ccccn2)oc2ccccc12. The Morgan fingerprint density at radius 2 is 1.95 bits per heavy atom. The fraction of sp³-hybridized carbons (Fsp3) is 0.286. The number of pyridine rings is 1. The Hall–Kier alpha value is -3.87. The first kappa shape index (κ1) is 26.4. The lowest BCUT2D eigenvalue weighted by atomic mass is 10.1. The molecule has 4 aromatic rings. The minimum Gasteiger partial charge on any atom is -0.451 e. The molecular formula is C28H26N4O6S2. The molecule has 2 aliphatic rings. The lowest BCUT2D eigenvalue weighted by Gasteiger charge is -2.28. The zero-order valence-corrected chi connectivity index (χ0v) is 23.2. The van der Waals surface area contributed by atoms with Gasteiger partial charge in [-0.2, -0.15) is 4.31 Å². The fourth-order valence-electron chi connectivity index (χ4n) is 5.61. The van der Waals surface area contributed by atoms with E-state index in [1.54, 1.807) is 25.1 Å². The molecule has 3 atom stereocenters. The van der Waals surface area contributed by atoms with Crippen molar-refractivity contribution in [3.05, 3.63) is 82.4 Å². The Bertz CT molecular complexity index is 1700. The van der Waals surface area contributed by atoms with Crippen LogP contribution in [0, 0.1) is 6.92 Å². The highest BCUT2D eigenvalue weighted by Gasteiger charge is 2.54. The number of nitrogens with one attached hydrogen (secondary N) is 1. The van der Waals surface area contributed by atoms with E-state index in [0.29, 0.717) is 17.6 Å². The number of Topliss-reactive ketones (excluding diaryl/α,β-unsaturated/α-hetero) is 1. The van der Waals surface area contributed by atoms with Crippen molar-refractivity contribution >= 4 is 49.9 Å². The van der Waals surface area contributed by atoms with Crippen molar-refractivity contribution in [2.75, 3.05) is 13.1 Å². The number of carbonyl (C=O) groups excluding carboxylic acids is 3. The molecular weight excluding hydrogens is 552 g/mol. The largest absolute Gasteiger partial charge is 0.451 e. The number of sulfonamides is 1. The van der Waals surface area contributed by atoms with Crippen molar-refractivity contribution in [1.82, 2.24) is 19.5 Å². The van der Waals surface area contributed by atoms with Crippen LogP contribution in [-0.4, -0.2) is 71.4 Å². The smallest absolute Gasteiger partial charge is 0.287 e. The van der Waals surface area contributed by atoms with Crippen molar-refractivity contribution in [1.29, 1.82) is 0 Å². The summed E-state index contributed by atoms with van der Waals surface area (Å²) in [5.41, 5.74) is 1.23. The number of hydrogen-bond donors (Lipinski definition) is 1. The topological polar surface area (TPSA) is 130 Å². The van der Waals surface area contributed by atoms with Crippen LogP contribution in [0.4, 0.5) is 0 Å². The number of carbonyl (C=O) groups is 3. The first-order chi connectivity index (χ1) is 19.3. The van der Waals surface area contributed by atoms with Gasteiger partial charge in [0, 0.05) is 35.0 Å². The molecule has 0 aliphatic carbocycles. The van der Waals surface area contributed by atoms with E-state index in [2.05, 4.69) is 10.3 Å². The van der Waals surface area contributed by atoms with Gasteiger partial charge in [0.25, 0.3) is 15.9 Å². The molecule has 2 amide bonds. The van der Waals surface area contributed by atoms with Gasteiger partial charge in [-0.15, -0.1) is 11.3 Å². The maximum atomic E-state index is 14.0. The molecule has 12 heteroatoms. The minimum atomic E-state index is -4.03. The monoisotopic (exact) mass is 578 g/mol. The van der Waals surface area contributed by atoms with Crippen LogP contribution >= 0.6 is 11.3 Å². The molecule has 0 spiro atoms. The van der Waals surface area contributed by atoms with Crippen LogP contribution in [0.2, 0.25) is 0 Å². The van der Waals surface area contributed by atoms with E-state index in [1.165, 1.54) is 28.5 Å². The molecule has 2 aliphatic heterocycles. The molecule has 1 aromatic carbocycles. The number of aryl methyl sites for hydroxylation is 1. The number of rotatable bonds is 7. The van der Waals surface area contributed by atoms with Crippen LogP contribution in [0.15, 0.2) is 75.6 Å². The van der Waals surface area contributed by atoms with E-state index in [-0.39, 0.29) is 36.1 Å². The average molecular weight is 579 g/mol. The summed E-state index contributed by atoms with van der Waals surface area (Å²) in [5.74, 6) is -1.20. The second-order valence-corrected chi connectivity index (χ2v) is 12.7. The van der Waals surface area contributed by atoms with E-state index in [0.717, 1.165) is 14.6 Å². The number of nitrogens with zero attached hydrogens (tertiary/aromatic N) is 3. The third-order valence-corrected chi connectivity index (χ3v) is 10.2. The molecule has 3 unspecified atom stereocenters. The van der Waals surface area contributed by atoms with Gasteiger partial charge in [0.2, 0.25) is 5.91 Å². The number of ketones is 1. The summed E-state index contributed by atoms with van der Waals surface area (Å²) < 4.78 is 33.6. The molecule has 6 rings (SSSR count). The summed E-state index contributed by atoms with van der Waals surface area (Å²) in [6.45, 7) is 1.64. The number of hydrogen-bond acceptors (Lipinski definition) is 8. The summed E-state index contributed by atoms with van der Waals surface area (Å²) in [7, 11) is -4.03. The maximum absolute atomic E-state index is 14.0. The van der Waals surface area contributed by atoms with Gasteiger partial charge < -0.3 is 14.6 Å². The minimum absolute atomic E-state index is 0.119. The Morgan fingerprint density at radius 1 is 1.15 bits per heavy atom. The van der Waals surface area contributed by atoms with Crippen LogP contribution in [0.1, 0.15) is 27.4 Å². The molecule has 10 nitrogen and oxygen atoms in total. The van der Waals surface area contributed by atoms with Crippen LogP contribution in [0.25, 0.3) is 11.0 Å². The summed E-state index contributed by atoms with van der Waals surface area (Å²) in [6.07, 6.45) is 1.91. The number of thiophene rings is 1. The van der Waals surface area contributed by atoms with E-state index >= 15 is 0 Å². The van der Waals surface area contributed by atoms with Crippen molar-refractivity contribution < 1.29 is 27.2 Å². The number of para-hydroxylation sites is 1. The van der Waals surface area contributed by atoms with Gasteiger partial charge in [0.15, 0.2) is 16.6 Å². The molecule has 0 saturated carbocycles. The highest BCUT2D eigenvalue weighted by Crippen LogP contribution is 2.34. The van der Waals surface area contributed by atoms with Crippen molar-refractivity contribution in [2.24, 2.45) is 0 Å². The quantitative estimate of drug-likeness (QED) is 0.357. The Balaban J connectivity index is 1.27. The Kier molecular flexibility index (Phi) is 6.77. The number of likely N-dealkylation sites (tertiary alicyclic amines) is 1. The number of fused-ring (bicyclic) bond motifs is 2. The van der Waals surface area contributed by atoms with E-state index in [4.69, 9.17) is 4.42 Å². The first-order valence-corrected chi connectivity index (χ1v) is 15.1. The van der Waals surface area contributed by atoms with Gasteiger partial charge >= 0.3 is 0 Å². The summed E-state index contributed by atoms with van der Waals surface area (Å²) >= 11 is 1.46. The molecule has 1 N–H and O–H groups in total. The standard InChI is InChI=1S/C28H26N4O6S2/c1-17-19-8-2-3-9-23(19)38-26(17)27(34)30-20(15-18-7-6-14-39-18)28(35)31-13-11-21-25(31)22(33)16-32(21)40(36,37)24-10-4-5-12-29-24/h2-10,12,14,20-21,25H,11,13,15-16H2,1H3,(H,30,34). The van der Waals surface area contributed by atoms with Crippen LogP contribution in [0.3, 0.4) is 0 Å². The van der Waals surface area contributed by atoms with Crippen molar-refractivity contribution in [3.8, 4) is 0 Å². The molecule has 206 valence electrons. The fourth-order valence-corrected chi connectivity index (χ4v) is 7.92. The molecule has 2 fully saturated rings. The van der Waals surface area contributed by atoms with Crippen LogP contribution in [-0.2, 0) is 26.0 Å². The number of aromatic nitrogens is 1. The molecule has 5 heterocycles. The average Bonchev–Trinajstić information content (AvgIpc) is 3.75. The lowest BCUT2D eigenvalue weighted by Crippen LogP contribution is -2.53. The highest BCUT2D eigenvalue weighted by molar-refractivity contribution is 7.89. The highest BCUT2D eigenvalue weighted by atomic mass is 32.2. The molecule has 0 radical (unpaired) electrons. The number of amides is 2. The van der Waals surface area contributed by atoms with Gasteiger partial charge in [-0.3, -0.25) is 14.4 Å². The van der Waals surface area contributed by atoms with Crippen molar-refractivity contribution in [3.63, 3.8) is 0 Å². The summed E-state index contributed by atoms with van der Waals surface area (Å²) in [5, 5.41) is 5.39. The zero-order chi connectivity index (χ0) is 28.0. The summed E-state index contributed by atoms with van der Waals surface area (Å²) in [4.78, 5) is 46.8. The van der Waals surface area contributed by atoms with E-state index in [9.17, 15) is 22.8 Å². The van der Waals surface area contributed by atoms with Gasteiger partial charge in [-0.25, -0.2) is 13.4 Å². The second-order valence-electron chi connectivity index (χ2n) is 9.88. The third-order valence-electron chi connectivity index (χ3n) is 7.51. The summed E-state index contributed by atoms with van der Waals surface area (Å²) in [6, 6.07) is 13.0. The van der Waals surface area contributed by atoms with Crippen LogP contribution < -0.4 is 5.32 Å². The van der Waals surface area contributed by atoms with Crippen LogP contribution in [0.5, 0.6) is 0 Å². The predicted octanol–water partition coefficient (Wildman–Crippen LogP) is 2.78. The van der Waals surface area contributed by atoms with E-state index < -0.39 is 40.0 Å². The predicted molar refractivity (Wildman–Crippen MR) is 147 cm³/mol. The zero-order valence-electron chi connectivity index (χ0n) is 21.5. The molecule has 3 aromatic heterocycles. The molecule has 0 bridgehead atoms. The van der Waals surface area contributed by atoms with Gasteiger partial charge in [-0.1, -0.05) is 30.3 Å². The first-order valence-electron chi connectivity index (χ1n) is 12.8. The van der Waals surface area contributed by atoms with Gasteiger partial charge in [0.1, 0.15) is 17.7 Å². The van der Waals surface area contributed by atoms with Crippen molar-refractivity contribution in [2.45, 2.75) is 42.9 Å². The normalized spacial score (nSPS) is 20.1. The maximum Gasteiger partial charge on any atom is 0.287 e. The lowest BCUT2D eigenvalue weighted by molar-refractivity contribution is -0.138. The second kappa shape index (κ2) is 10.3. The molecule has 40 heavy (non-hydrogen) atoms. The Morgan fingerprint density at radius 3 is 2.67 bits per heavy atom. The Labute approximate surface area is 234 Å². The number of benzene rings is 1.